The molecule has 0 bridgehead atoms. The Morgan fingerprint density at radius 2 is 1.69 bits per heavy atom. The number of carbonyl (C=O) groups excluding carboxylic acids is 1. The average Bonchev–Trinajstić information content (AvgIpc) is 3.39. The number of carboxylic acid groups (broad SMARTS) is 1. The molecule has 2 heterocycles. The highest BCUT2D eigenvalue weighted by Crippen LogP contribution is 2.37. The maximum absolute atomic E-state index is 11.6. The smallest absolute Gasteiger partial charge is 0.303 e. The molecular formula is C25H22N2O4S. The maximum Gasteiger partial charge on any atom is 0.303 e. The van der Waals surface area contributed by atoms with Crippen LogP contribution in [0.4, 0.5) is 0 Å². The number of rotatable bonds is 7. The van der Waals surface area contributed by atoms with Crippen molar-refractivity contribution in [1.82, 2.24) is 4.57 Å². The minimum Gasteiger partial charge on any atom is -0.508 e. The maximum atomic E-state index is 11.6. The van der Waals surface area contributed by atoms with Gasteiger partial charge in [-0.1, -0.05) is 0 Å². The third kappa shape index (κ3) is 4.29. The summed E-state index contributed by atoms with van der Waals surface area (Å²) in [5.74, 6) is -1.13. The number of benzene rings is 2. The monoisotopic (exact) mass is 446 g/mol. The number of hydrogen-bond acceptors (Lipinski definition) is 4. The zero-order valence-corrected chi connectivity index (χ0v) is 18.2. The summed E-state index contributed by atoms with van der Waals surface area (Å²) >= 11 is 1.61. The Bertz CT molecular complexity index is 1300. The number of phenolic OH excluding ortho intramolecular Hbond substituents is 1. The summed E-state index contributed by atoms with van der Waals surface area (Å²) in [6.07, 6.45) is 0.396. The van der Waals surface area contributed by atoms with E-state index in [0.29, 0.717) is 12.0 Å². The number of nitrogens with two attached hydrogens (primary N) is 1. The normalized spacial score (nSPS) is 10.9. The molecule has 0 unspecified atom stereocenters. The van der Waals surface area contributed by atoms with E-state index in [2.05, 4.69) is 4.57 Å². The quantitative estimate of drug-likeness (QED) is 0.371. The number of thiophene rings is 1. The highest BCUT2D eigenvalue weighted by atomic mass is 32.1. The summed E-state index contributed by atoms with van der Waals surface area (Å²) in [5.41, 5.74) is 10.4. The van der Waals surface area contributed by atoms with Crippen LogP contribution in [0.15, 0.2) is 66.7 Å². The van der Waals surface area contributed by atoms with E-state index in [1.54, 1.807) is 35.6 Å². The molecule has 0 atom stereocenters. The minimum absolute atomic E-state index is 0.0189. The minimum atomic E-state index is -0.856. The summed E-state index contributed by atoms with van der Waals surface area (Å²) in [5, 5.41) is 18.7. The van der Waals surface area contributed by atoms with Crippen molar-refractivity contribution in [2.24, 2.45) is 5.73 Å². The van der Waals surface area contributed by atoms with Crippen molar-refractivity contribution >= 4 is 23.2 Å². The highest BCUT2D eigenvalue weighted by Gasteiger charge is 2.17. The zero-order chi connectivity index (χ0) is 22.8. The van der Waals surface area contributed by atoms with E-state index in [1.807, 2.05) is 49.4 Å². The van der Waals surface area contributed by atoms with Crippen molar-refractivity contribution < 1.29 is 19.8 Å². The van der Waals surface area contributed by atoms with Gasteiger partial charge in [0.15, 0.2) is 0 Å². The first-order valence-corrected chi connectivity index (χ1v) is 10.9. The van der Waals surface area contributed by atoms with Crippen molar-refractivity contribution in [3.63, 3.8) is 0 Å². The number of phenols is 1. The van der Waals surface area contributed by atoms with Crippen LogP contribution in [-0.4, -0.2) is 26.7 Å². The third-order valence-corrected chi connectivity index (χ3v) is 6.45. The number of aromatic hydroxyl groups is 1. The van der Waals surface area contributed by atoms with Crippen LogP contribution in [0.2, 0.25) is 0 Å². The van der Waals surface area contributed by atoms with Crippen molar-refractivity contribution in [1.29, 1.82) is 0 Å². The van der Waals surface area contributed by atoms with Gasteiger partial charge < -0.3 is 20.5 Å². The van der Waals surface area contributed by atoms with Gasteiger partial charge in [-0.25, -0.2) is 0 Å². The predicted molar refractivity (Wildman–Crippen MR) is 125 cm³/mol. The van der Waals surface area contributed by atoms with Gasteiger partial charge >= 0.3 is 5.97 Å². The second-order valence-electron chi connectivity index (χ2n) is 7.52. The van der Waals surface area contributed by atoms with Gasteiger partial charge in [0.1, 0.15) is 5.75 Å². The first-order chi connectivity index (χ1) is 15.3. The SMILES string of the molecule is Cc1cc(C(N)=O)ccc1-n1c(CCC(=O)O)ccc1-c1ccc(-c2ccc(O)cc2)s1. The predicted octanol–water partition coefficient (Wildman–Crippen LogP) is 5.00. The molecular weight excluding hydrogens is 424 g/mol. The number of aliphatic carboxylic acids is 1. The van der Waals surface area contributed by atoms with Gasteiger partial charge in [0.2, 0.25) is 5.91 Å². The third-order valence-electron chi connectivity index (χ3n) is 5.29. The molecule has 4 rings (SSSR count). The van der Waals surface area contributed by atoms with Crippen LogP contribution >= 0.6 is 11.3 Å². The molecule has 0 radical (unpaired) electrons. The molecule has 2 aromatic heterocycles. The molecule has 0 spiro atoms. The van der Waals surface area contributed by atoms with Crippen molar-refractivity contribution in [3.8, 4) is 32.4 Å². The molecule has 0 fully saturated rings. The van der Waals surface area contributed by atoms with Crippen molar-refractivity contribution in [2.45, 2.75) is 19.8 Å². The van der Waals surface area contributed by atoms with E-state index < -0.39 is 11.9 Å². The molecule has 162 valence electrons. The van der Waals surface area contributed by atoms with Gasteiger partial charge in [-0.05, 0) is 91.2 Å². The largest absolute Gasteiger partial charge is 0.508 e. The van der Waals surface area contributed by atoms with Crippen LogP contribution in [0.25, 0.3) is 26.7 Å². The fourth-order valence-electron chi connectivity index (χ4n) is 3.70. The summed E-state index contributed by atoms with van der Waals surface area (Å²) in [6.45, 7) is 1.91. The first-order valence-electron chi connectivity index (χ1n) is 10.1. The van der Waals surface area contributed by atoms with Gasteiger partial charge in [0.25, 0.3) is 0 Å². The van der Waals surface area contributed by atoms with Crippen LogP contribution in [0, 0.1) is 6.92 Å². The Kier molecular flexibility index (Phi) is 5.83. The number of aryl methyl sites for hydroxylation is 2. The Hall–Kier alpha value is -3.84. The molecule has 6 nitrogen and oxygen atoms in total. The standard InChI is InChI=1S/C25H22N2O4S/c1-15-14-17(25(26)31)4-9-20(15)27-18(6-13-24(29)30)5-10-21(27)23-12-11-22(32-23)16-2-7-19(28)8-3-16/h2-5,7-12,14,28H,6,13H2,1H3,(H2,26,31)(H,29,30). The van der Waals surface area contributed by atoms with E-state index >= 15 is 0 Å². The lowest BCUT2D eigenvalue weighted by Gasteiger charge is -2.16. The number of amides is 1. The summed E-state index contributed by atoms with van der Waals surface area (Å²) in [6, 6.07) is 20.3. The number of carboxylic acids is 1. The Balaban J connectivity index is 1.81. The molecule has 32 heavy (non-hydrogen) atoms. The van der Waals surface area contributed by atoms with Crippen molar-refractivity contribution in [2.75, 3.05) is 0 Å². The van der Waals surface area contributed by atoms with Gasteiger partial charge in [0, 0.05) is 21.8 Å². The van der Waals surface area contributed by atoms with Gasteiger partial charge in [-0.2, -0.15) is 0 Å². The topological polar surface area (TPSA) is 106 Å². The van der Waals surface area contributed by atoms with E-state index in [9.17, 15) is 19.8 Å². The molecule has 0 saturated heterocycles. The van der Waals surface area contributed by atoms with Crippen LogP contribution in [0.3, 0.4) is 0 Å². The second-order valence-corrected chi connectivity index (χ2v) is 8.60. The Morgan fingerprint density at radius 1 is 0.969 bits per heavy atom. The first kappa shape index (κ1) is 21.4. The number of hydrogen-bond donors (Lipinski definition) is 3. The van der Waals surface area contributed by atoms with Gasteiger partial charge in [-0.15, -0.1) is 11.3 Å². The van der Waals surface area contributed by atoms with Crippen LogP contribution in [0.1, 0.15) is 28.0 Å². The second kappa shape index (κ2) is 8.72. The van der Waals surface area contributed by atoms with Gasteiger partial charge in [-0.3, -0.25) is 9.59 Å². The van der Waals surface area contributed by atoms with Crippen LogP contribution < -0.4 is 5.73 Å². The average molecular weight is 447 g/mol. The van der Waals surface area contributed by atoms with E-state index in [4.69, 9.17) is 5.73 Å². The summed E-state index contributed by atoms with van der Waals surface area (Å²) < 4.78 is 2.05. The molecule has 0 saturated carbocycles. The summed E-state index contributed by atoms with van der Waals surface area (Å²) in [4.78, 5) is 24.8. The van der Waals surface area contributed by atoms with E-state index in [0.717, 1.165) is 38.0 Å². The molecule has 4 N–H and O–H groups in total. The molecule has 1 amide bonds. The fourth-order valence-corrected chi connectivity index (χ4v) is 4.73. The highest BCUT2D eigenvalue weighted by molar-refractivity contribution is 7.18. The molecule has 7 heteroatoms. The number of primary amides is 1. The summed E-state index contributed by atoms with van der Waals surface area (Å²) in [7, 11) is 0. The zero-order valence-electron chi connectivity index (χ0n) is 17.4. The fraction of sp³-hybridized carbons (Fsp3) is 0.120. The molecule has 0 aliphatic heterocycles. The van der Waals surface area contributed by atoms with E-state index in [-0.39, 0.29) is 12.2 Å². The Morgan fingerprint density at radius 3 is 2.34 bits per heavy atom. The molecule has 2 aromatic carbocycles. The number of aromatic nitrogens is 1. The molecule has 0 aliphatic carbocycles. The number of carbonyl (C=O) groups is 2. The van der Waals surface area contributed by atoms with Crippen LogP contribution in [0.5, 0.6) is 5.75 Å². The Labute approximate surface area is 189 Å². The van der Waals surface area contributed by atoms with Crippen molar-refractivity contribution in [3.05, 3.63) is 83.6 Å². The molecule has 0 aliphatic rings. The van der Waals surface area contributed by atoms with E-state index in [1.165, 1.54) is 0 Å². The lowest BCUT2D eigenvalue weighted by molar-refractivity contribution is -0.136. The van der Waals surface area contributed by atoms with Gasteiger partial charge in [0.05, 0.1) is 17.0 Å². The van der Waals surface area contributed by atoms with Crippen LogP contribution in [-0.2, 0) is 11.2 Å². The lowest BCUT2D eigenvalue weighted by atomic mass is 10.1. The molecule has 4 aromatic rings. The number of nitrogens with zero attached hydrogens (tertiary/aromatic N) is 1. The lowest BCUT2D eigenvalue weighted by Crippen LogP contribution is -2.12.